The van der Waals surface area contributed by atoms with Gasteiger partial charge in [0.15, 0.2) is 23.3 Å². The van der Waals surface area contributed by atoms with Gasteiger partial charge in [0.2, 0.25) is 5.82 Å². The summed E-state index contributed by atoms with van der Waals surface area (Å²) in [5.41, 5.74) is -0.798. The van der Waals surface area contributed by atoms with E-state index in [1.165, 1.54) is 0 Å². The van der Waals surface area contributed by atoms with E-state index in [0.717, 1.165) is 0 Å². The second-order valence-electron chi connectivity index (χ2n) is 3.94. The molecule has 0 spiro atoms. The van der Waals surface area contributed by atoms with Crippen molar-refractivity contribution >= 4 is 0 Å². The third-order valence-corrected chi connectivity index (χ3v) is 2.79. The summed E-state index contributed by atoms with van der Waals surface area (Å²) in [4.78, 5) is 1.57. The number of morpholine rings is 1. The fourth-order valence-electron chi connectivity index (χ4n) is 1.77. The normalized spacial score (nSPS) is 17.2. The van der Waals surface area contributed by atoms with Crippen LogP contribution >= 0.6 is 0 Å². The van der Waals surface area contributed by atoms with Gasteiger partial charge < -0.3 is 4.74 Å². The fraction of sp³-hybridized carbons (Fsp3) is 0.455. The van der Waals surface area contributed by atoms with Crippen LogP contribution < -0.4 is 0 Å². The molecule has 1 saturated heterocycles. The van der Waals surface area contributed by atoms with Gasteiger partial charge in [0.1, 0.15) is 0 Å². The van der Waals surface area contributed by atoms with E-state index in [0.29, 0.717) is 26.3 Å². The van der Waals surface area contributed by atoms with Crippen LogP contribution in [0.5, 0.6) is 0 Å². The van der Waals surface area contributed by atoms with Crippen molar-refractivity contribution in [3.05, 3.63) is 34.6 Å². The topological polar surface area (TPSA) is 12.5 Å². The van der Waals surface area contributed by atoms with E-state index in [9.17, 15) is 22.0 Å². The molecule has 0 aliphatic carbocycles. The molecule has 0 N–H and O–H groups in total. The first-order valence-corrected chi connectivity index (χ1v) is 5.32. The van der Waals surface area contributed by atoms with Gasteiger partial charge in [-0.2, -0.15) is 0 Å². The first-order chi connectivity index (χ1) is 8.52. The Balaban J connectivity index is 2.32. The van der Waals surface area contributed by atoms with Gasteiger partial charge in [-0.05, 0) is 0 Å². The lowest BCUT2D eigenvalue weighted by Gasteiger charge is -2.26. The molecule has 1 aliphatic heterocycles. The van der Waals surface area contributed by atoms with E-state index in [2.05, 4.69) is 0 Å². The number of rotatable bonds is 2. The minimum absolute atomic E-state index is 0.324. The Bertz CT molecular complexity index is 430. The van der Waals surface area contributed by atoms with Crippen LogP contribution in [0.2, 0.25) is 0 Å². The number of halogens is 5. The third-order valence-electron chi connectivity index (χ3n) is 2.79. The molecule has 1 fully saturated rings. The van der Waals surface area contributed by atoms with Crippen molar-refractivity contribution in [2.24, 2.45) is 0 Å². The molecular formula is C11H10F5NO. The maximum Gasteiger partial charge on any atom is 0.200 e. The van der Waals surface area contributed by atoms with Crippen molar-refractivity contribution in [1.29, 1.82) is 0 Å². The Morgan fingerprint density at radius 1 is 0.778 bits per heavy atom. The third kappa shape index (κ3) is 2.32. The summed E-state index contributed by atoms with van der Waals surface area (Å²) in [5.74, 6) is -9.47. The predicted octanol–water partition coefficient (Wildman–Crippen LogP) is 2.21. The van der Waals surface area contributed by atoms with Crippen molar-refractivity contribution in [1.82, 2.24) is 4.90 Å². The fourth-order valence-corrected chi connectivity index (χ4v) is 1.77. The second-order valence-corrected chi connectivity index (χ2v) is 3.94. The molecule has 0 amide bonds. The minimum atomic E-state index is -2.13. The van der Waals surface area contributed by atoms with Crippen molar-refractivity contribution in [3.8, 4) is 0 Å². The molecule has 0 aromatic heterocycles. The molecular weight excluding hydrogens is 257 g/mol. The highest BCUT2D eigenvalue weighted by atomic mass is 19.2. The van der Waals surface area contributed by atoms with Gasteiger partial charge >= 0.3 is 0 Å². The largest absolute Gasteiger partial charge is 0.379 e. The van der Waals surface area contributed by atoms with Gasteiger partial charge in [-0.3, -0.25) is 4.90 Å². The Hall–Kier alpha value is -1.21. The Morgan fingerprint density at radius 2 is 1.22 bits per heavy atom. The van der Waals surface area contributed by atoms with E-state index in [-0.39, 0.29) is 6.54 Å². The average molecular weight is 267 g/mol. The van der Waals surface area contributed by atoms with Crippen molar-refractivity contribution in [2.75, 3.05) is 26.3 Å². The Kier molecular flexibility index (Phi) is 3.82. The summed E-state index contributed by atoms with van der Waals surface area (Å²) < 4.78 is 70.5. The molecule has 2 nitrogen and oxygen atoms in total. The monoisotopic (exact) mass is 267 g/mol. The lowest BCUT2D eigenvalue weighted by Crippen LogP contribution is -2.36. The first-order valence-electron chi connectivity index (χ1n) is 5.32. The van der Waals surface area contributed by atoms with Crippen LogP contribution in [0, 0.1) is 29.1 Å². The molecule has 0 unspecified atom stereocenters. The smallest absolute Gasteiger partial charge is 0.200 e. The summed E-state index contributed by atoms with van der Waals surface area (Å²) in [7, 11) is 0. The highest BCUT2D eigenvalue weighted by molar-refractivity contribution is 5.24. The lowest BCUT2D eigenvalue weighted by atomic mass is 10.1. The second kappa shape index (κ2) is 5.19. The molecule has 1 heterocycles. The Labute approximate surface area is 100.0 Å². The standard InChI is InChI=1S/C11H10F5NO/c12-7-6(5-17-1-3-18-4-2-17)8(13)10(15)11(16)9(7)14/h1-5H2. The number of ether oxygens (including phenoxy) is 1. The number of hydrogen-bond acceptors (Lipinski definition) is 2. The van der Waals surface area contributed by atoms with E-state index < -0.39 is 34.6 Å². The number of nitrogens with zero attached hydrogens (tertiary/aromatic N) is 1. The molecule has 7 heteroatoms. The highest BCUT2D eigenvalue weighted by Gasteiger charge is 2.27. The molecule has 0 bridgehead atoms. The van der Waals surface area contributed by atoms with Crippen molar-refractivity contribution in [2.45, 2.75) is 6.54 Å². The van der Waals surface area contributed by atoms with Gasteiger partial charge in [-0.25, -0.2) is 22.0 Å². The van der Waals surface area contributed by atoms with Gasteiger partial charge in [0, 0.05) is 25.2 Å². The van der Waals surface area contributed by atoms with Gasteiger partial charge in [-0.1, -0.05) is 0 Å². The molecule has 100 valence electrons. The van der Waals surface area contributed by atoms with E-state index >= 15 is 0 Å². The van der Waals surface area contributed by atoms with Crippen LogP contribution in [-0.4, -0.2) is 31.2 Å². The summed E-state index contributed by atoms with van der Waals surface area (Å²) in [6, 6.07) is 0. The Morgan fingerprint density at radius 3 is 1.72 bits per heavy atom. The molecule has 0 atom stereocenters. The number of hydrogen-bond donors (Lipinski definition) is 0. The van der Waals surface area contributed by atoms with Crippen LogP contribution in [0.1, 0.15) is 5.56 Å². The summed E-state index contributed by atoms with van der Waals surface area (Å²) in [5, 5.41) is 0. The molecule has 1 aliphatic rings. The molecule has 0 saturated carbocycles. The van der Waals surface area contributed by atoms with E-state index in [1.54, 1.807) is 4.90 Å². The highest BCUT2D eigenvalue weighted by Crippen LogP contribution is 2.24. The van der Waals surface area contributed by atoms with E-state index in [1.807, 2.05) is 0 Å². The number of benzene rings is 1. The van der Waals surface area contributed by atoms with Crippen LogP contribution in [-0.2, 0) is 11.3 Å². The summed E-state index contributed by atoms with van der Waals surface area (Å²) >= 11 is 0. The maximum absolute atomic E-state index is 13.4. The average Bonchev–Trinajstić information content (AvgIpc) is 2.40. The summed E-state index contributed by atoms with van der Waals surface area (Å²) in [6.45, 7) is 1.19. The zero-order valence-electron chi connectivity index (χ0n) is 9.28. The van der Waals surface area contributed by atoms with Crippen LogP contribution in [0.25, 0.3) is 0 Å². The molecule has 1 aromatic carbocycles. The van der Waals surface area contributed by atoms with Crippen LogP contribution in [0.4, 0.5) is 22.0 Å². The lowest BCUT2D eigenvalue weighted by molar-refractivity contribution is 0.0329. The quantitative estimate of drug-likeness (QED) is 0.463. The molecule has 2 rings (SSSR count). The SMILES string of the molecule is Fc1c(F)c(F)c(CN2CCOCC2)c(F)c1F. The molecule has 18 heavy (non-hydrogen) atoms. The zero-order valence-corrected chi connectivity index (χ0v) is 9.28. The van der Waals surface area contributed by atoms with Gasteiger partial charge in [0.05, 0.1) is 13.2 Å². The van der Waals surface area contributed by atoms with Crippen molar-refractivity contribution in [3.63, 3.8) is 0 Å². The van der Waals surface area contributed by atoms with Gasteiger partial charge in [0.25, 0.3) is 0 Å². The van der Waals surface area contributed by atoms with Crippen LogP contribution in [0.15, 0.2) is 0 Å². The molecule has 0 radical (unpaired) electrons. The van der Waals surface area contributed by atoms with Gasteiger partial charge in [-0.15, -0.1) is 0 Å². The van der Waals surface area contributed by atoms with Crippen molar-refractivity contribution < 1.29 is 26.7 Å². The maximum atomic E-state index is 13.4. The molecule has 1 aromatic rings. The predicted molar refractivity (Wildman–Crippen MR) is 52.3 cm³/mol. The zero-order chi connectivity index (χ0) is 13.3. The van der Waals surface area contributed by atoms with Crippen LogP contribution in [0.3, 0.4) is 0 Å². The first kappa shape index (κ1) is 13.2. The summed E-state index contributed by atoms with van der Waals surface area (Å²) in [6.07, 6.45) is 0. The minimum Gasteiger partial charge on any atom is -0.379 e. The van der Waals surface area contributed by atoms with E-state index in [4.69, 9.17) is 4.74 Å².